The molecule has 6 heteroatoms. The van der Waals surface area contributed by atoms with Gasteiger partial charge in [-0.25, -0.2) is 4.98 Å². The highest BCUT2D eigenvalue weighted by molar-refractivity contribution is 7.15. The van der Waals surface area contributed by atoms with Gasteiger partial charge in [0.2, 0.25) is 0 Å². The summed E-state index contributed by atoms with van der Waals surface area (Å²) in [5, 5.41) is 4.89. The van der Waals surface area contributed by atoms with Crippen LogP contribution in [0.4, 0.5) is 0 Å². The number of carbonyl (C=O) groups excluding carboxylic acids is 1. The predicted octanol–water partition coefficient (Wildman–Crippen LogP) is 3.00. The standard InChI is InChI=1S/C13H13N3OS2/c1-8-5-11(19-9(8)2)12(17)14-6-10-7-16-3-4-18-13(16)15-10/h3-5,7H,6H2,1-2H3,(H,14,17). The summed E-state index contributed by atoms with van der Waals surface area (Å²) < 4.78 is 1.96. The monoisotopic (exact) mass is 291 g/mol. The lowest BCUT2D eigenvalue weighted by Crippen LogP contribution is -2.21. The van der Waals surface area contributed by atoms with Crippen LogP contribution in [0.1, 0.15) is 25.8 Å². The van der Waals surface area contributed by atoms with E-state index in [9.17, 15) is 4.79 Å². The molecule has 3 aromatic heterocycles. The second-order valence-corrected chi connectivity index (χ2v) is 6.49. The molecule has 0 unspecified atom stereocenters. The molecule has 19 heavy (non-hydrogen) atoms. The van der Waals surface area contributed by atoms with Crippen LogP contribution in [0.5, 0.6) is 0 Å². The molecule has 3 heterocycles. The van der Waals surface area contributed by atoms with Crippen LogP contribution in [-0.2, 0) is 6.54 Å². The van der Waals surface area contributed by atoms with Crippen molar-refractivity contribution in [1.29, 1.82) is 0 Å². The molecule has 1 N–H and O–H groups in total. The first-order valence-electron chi connectivity index (χ1n) is 5.90. The fourth-order valence-electron chi connectivity index (χ4n) is 1.80. The number of hydrogen-bond donors (Lipinski definition) is 1. The van der Waals surface area contributed by atoms with Crippen molar-refractivity contribution in [3.05, 3.63) is 44.9 Å². The van der Waals surface area contributed by atoms with E-state index in [-0.39, 0.29) is 5.91 Å². The van der Waals surface area contributed by atoms with Crippen LogP contribution in [0.15, 0.2) is 23.8 Å². The molecule has 0 atom stereocenters. The van der Waals surface area contributed by atoms with Crippen molar-refractivity contribution in [2.75, 3.05) is 0 Å². The topological polar surface area (TPSA) is 46.4 Å². The molecule has 0 saturated heterocycles. The van der Waals surface area contributed by atoms with Gasteiger partial charge in [-0.05, 0) is 25.5 Å². The van der Waals surface area contributed by atoms with Gasteiger partial charge in [0.15, 0.2) is 4.96 Å². The quantitative estimate of drug-likeness (QED) is 0.806. The number of nitrogens with one attached hydrogen (secondary N) is 1. The molecule has 98 valence electrons. The smallest absolute Gasteiger partial charge is 0.261 e. The number of aromatic nitrogens is 2. The normalized spacial score (nSPS) is 11.1. The molecule has 0 saturated carbocycles. The Morgan fingerprint density at radius 1 is 1.47 bits per heavy atom. The summed E-state index contributed by atoms with van der Waals surface area (Å²) in [4.78, 5) is 19.3. The van der Waals surface area contributed by atoms with Gasteiger partial charge < -0.3 is 5.32 Å². The number of fused-ring (bicyclic) bond motifs is 1. The minimum absolute atomic E-state index is 0.0300. The van der Waals surface area contributed by atoms with Gasteiger partial charge in [0.25, 0.3) is 5.91 Å². The Morgan fingerprint density at radius 2 is 2.32 bits per heavy atom. The van der Waals surface area contributed by atoms with E-state index in [4.69, 9.17) is 0 Å². The Hall–Kier alpha value is -1.66. The lowest BCUT2D eigenvalue weighted by atomic mass is 10.3. The van der Waals surface area contributed by atoms with Gasteiger partial charge in [0.1, 0.15) is 0 Å². The average molecular weight is 291 g/mol. The third-order valence-electron chi connectivity index (χ3n) is 2.96. The highest BCUT2D eigenvalue weighted by Crippen LogP contribution is 2.20. The van der Waals surface area contributed by atoms with E-state index in [1.807, 2.05) is 42.1 Å². The lowest BCUT2D eigenvalue weighted by molar-refractivity contribution is 0.0954. The van der Waals surface area contributed by atoms with E-state index in [1.54, 1.807) is 11.3 Å². The van der Waals surface area contributed by atoms with Crippen LogP contribution in [0, 0.1) is 13.8 Å². The molecule has 0 aliphatic carbocycles. The fourth-order valence-corrected chi connectivity index (χ4v) is 3.47. The molecule has 0 bridgehead atoms. The van der Waals surface area contributed by atoms with Crippen LogP contribution in [0.25, 0.3) is 4.96 Å². The van der Waals surface area contributed by atoms with E-state index in [1.165, 1.54) is 16.2 Å². The Morgan fingerprint density at radius 3 is 3.00 bits per heavy atom. The van der Waals surface area contributed by atoms with Crippen molar-refractivity contribution in [3.8, 4) is 0 Å². The Bertz CT molecular complexity index is 690. The van der Waals surface area contributed by atoms with Crippen molar-refractivity contribution >= 4 is 33.5 Å². The fraction of sp³-hybridized carbons (Fsp3) is 0.231. The van der Waals surface area contributed by atoms with E-state index >= 15 is 0 Å². The van der Waals surface area contributed by atoms with Gasteiger partial charge in [-0.1, -0.05) is 0 Å². The van der Waals surface area contributed by atoms with Crippen LogP contribution in [0.3, 0.4) is 0 Å². The van der Waals surface area contributed by atoms with Crippen LogP contribution < -0.4 is 5.32 Å². The Labute approximate surface area is 118 Å². The number of nitrogens with zero attached hydrogens (tertiary/aromatic N) is 2. The second kappa shape index (κ2) is 4.79. The van der Waals surface area contributed by atoms with Gasteiger partial charge in [-0.2, -0.15) is 0 Å². The number of carbonyl (C=O) groups is 1. The van der Waals surface area contributed by atoms with Crippen molar-refractivity contribution in [2.45, 2.75) is 20.4 Å². The highest BCUT2D eigenvalue weighted by atomic mass is 32.1. The second-order valence-electron chi connectivity index (χ2n) is 4.36. The number of thiazole rings is 1. The zero-order valence-corrected chi connectivity index (χ0v) is 12.3. The van der Waals surface area contributed by atoms with Crippen LogP contribution in [0.2, 0.25) is 0 Å². The minimum Gasteiger partial charge on any atom is -0.346 e. The minimum atomic E-state index is -0.0300. The summed E-state index contributed by atoms with van der Waals surface area (Å²) in [5.74, 6) is -0.0300. The average Bonchev–Trinajstić information content (AvgIpc) is 3.02. The number of imidazole rings is 1. The molecule has 0 radical (unpaired) electrons. The van der Waals surface area contributed by atoms with Gasteiger partial charge in [-0.3, -0.25) is 9.20 Å². The zero-order chi connectivity index (χ0) is 13.4. The van der Waals surface area contributed by atoms with E-state index < -0.39 is 0 Å². The first-order valence-corrected chi connectivity index (χ1v) is 7.59. The van der Waals surface area contributed by atoms with Crippen molar-refractivity contribution < 1.29 is 4.79 Å². The number of thiophene rings is 1. The first kappa shape index (κ1) is 12.4. The Balaban J connectivity index is 1.68. The molecule has 4 nitrogen and oxygen atoms in total. The van der Waals surface area contributed by atoms with E-state index in [2.05, 4.69) is 10.3 Å². The largest absolute Gasteiger partial charge is 0.346 e. The molecule has 0 aliphatic rings. The van der Waals surface area contributed by atoms with Gasteiger partial charge >= 0.3 is 0 Å². The lowest BCUT2D eigenvalue weighted by Gasteiger charge is -1.99. The maximum absolute atomic E-state index is 12.0. The summed E-state index contributed by atoms with van der Waals surface area (Å²) in [5.41, 5.74) is 2.04. The number of amides is 1. The summed E-state index contributed by atoms with van der Waals surface area (Å²) in [6, 6.07) is 1.93. The maximum Gasteiger partial charge on any atom is 0.261 e. The van der Waals surface area contributed by atoms with Crippen molar-refractivity contribution in [2.24, 2.45) is 0 Å². The SMILES string of the molecule is Cc1cc(C(=O)NCc2cn3ccsc3n2)sc1C. The van der Waals surface area contributed by atoms with Crippen molar-refractivity contribution in [1.82, 2.24) is 14.7 Å². The molecule has 0 aliphatic heterocycles. The molecule has 0 spiro atoms. The molecular formula is C13H13N3OS2. The summed E-state index contributed by atoms with van der Waals surface area (Å²) in [7, 11) is 0. The predicted molar refractivity (Wildman–Crippen MR) is 78.0 cm³/mol. The molecular weight excluding hydrogens is 278 g/mol. The Kier molecular flexibility index (Phi) is 3.12. The highest BCUT2D eigenvalue weighted by Gasteiger charge is 2.11. The van der Waals surface area contributed by atoms with Crippen LogP contribution >= 0.6 is 22.7 Å². The molecule has 3 aromatic rings. The van der Waals surface area contributed by atoms with Gasteiger partial charge in [0.05, 0.1) is 17.1 Å². The summed E-state index contributed by atoms with van der Waals surface area (Å²) in [6.07, 6.45) is 3.90. The van der Waals surface area contributed by atoms with Crippen molar-refractivity contribution in [3.63, 3.8) is 0 Å². The summed E-state index contributed by atoms with van der Waals surface area (Å²) >= 11 is 3.11. The van der Waals surface area contributed by atoms with E-state index in [0.29, 0.717) is 6.54 Å². The number of hydrogen-bond acceptors (Lipinski definition) is 4. The first-order chi connectivity index (χ1) is 9.13. The number of rotatable bonds is 3. The third-order valence-corrected chi connectivity index (χ3v) is 4.89. The molecule has 0 aromatic carbocycles. The zero-order valence-electron chi connectivity index (χ0n) is 10.6. The molecule has 1 amide bonds. The summed E-state index contributed by atoms with van der Waals surface area (Å²) in [6.45, 7) is 4.51. The molecule has 0 fully saturated rings. The van der Waals surface area contributed by atoms with Crippen LogP contribution in [-0.4, -0.2) is 15.3 Å². The van der Waals surface area contributed by atoms with E-state index in [0.717, 1.165) is 21.1 Å². The maximum atomic E-state index is 12.0. The van der Waals surface area contributed by atoms with Gasteiger partial charge in [-0.15, -0.1) is 22.7 Å². The van der Waals surface area contributed by atoms with Gasteiger partial charge in [0, 0.05) is 22.7 Å². The number of aryl methyl sites for hydroxylation is 2. The molecule has 3 rings (SSSR count). The third kappa shape index (κ3) is 2.41.